The Bertz CT molecular complexity index is 678. The molecule has 7 heteroatoms. The number of esters is 1. The highest BCUT2D eigenvalue weighted by Crippen LogP contribution is 2.26. The highest BCUT2D eigenvalue weighted by atomic mass is 16.6. The molecular weight excluding hydrogens is 276 g/mol. The molecule has 0 aliphatic heterocycles. The van der Waals surface area contributed by atoms with Crippen molar-refractivity contribution in [1.82, 2.24) is 0 Å². The number of nitrogens with zero attached hydrogens (tertiary/aromatic N) is 1. The number of methoxy groups -OCH3 is 1. The Hall–Kier alpha value is -2.83. The lowest BCUT2D eigenvalue weighted by molar-refractivity contribution is -0.384. The van der Waals surface area contributed by atoms with Gasteiger partial charge in [-0.2, -0.15) is 0 Å². The van der Waals surface area contributed by atoms with Gasteiger partial charge in [0.05, 0.1) is 18.3 Å². The van der Waals surface area contributed by atoms with Gasteiger partial charge in [0.1, 0.15) is 5.69 Å². The SMILES string of the molecule is COC(=O)c1occc1CNc1ccc(C)cc1[N+](=O)[O-]. The number of aryl methyl sites for hydroxylation is 1. The molecule has 2 rings (SSSR count). The number of rotatable bonds is 5. The lowest BCUT2D eigenvalue weighted by Gasteiger charge is -2.07. The second-order valence-corrected chi connectivity index (χ2v) is 4.40. The number of furan rings is 1. The summed E-state index contributed by atoms with van der Waals surface area (Å²) in [6.45, 7) is 1.99. The molecule has 0 radical (unpaired) electrons. The van der Waals surface area contributed by atoms with Crippen LogP contribution in [0.4, 0.5) is 11.4 Å². The van der Waals surface area contributed by atoms with Gasteiger partial charge in [-0.25, -0.2) is 4.79 Å². The van der Waals surface area contributed by atoms with Crippen molar-refractivity contribution in [3.63, 3.8) is 0 Å². The van der Waals surface area contributed by atoms with Crippen LogP contribution in [0.1, 0.15) is 21.7 Å². The topological polar surface area (TPSA) is 94.6 Å². The fourth-order valence-electron chi connectivity index (χ4n) is 1.88. The highest BCUT2D eigenvalue weighted by molar-refractivity contribution is 5.88. The van der Waals surface area contributed by atoms with Crippen molar-refractivity contribution in [3.8, 4) is 0 Å². The number of ether oxygens (including phenoxy) is 1. The van der Waals surface area contributed by atoms with Crippen molar-refractivity contribution in [2.75, 3.05) is 12.4 Å². The van der Waals surface area contributed by atoms with Crippen molar-refractivity contribution < 1.29 is 18.9 Å². The summed E-state index contributed by atoms with van der Waals surface area (Å²) in [6, 6.07) is 6.50. The second kappa shape index (κ2) is 6.08. The molecular formula is C14H14N2O5. The van der Waals surface area contributed by atoms with Crippen LogP contribution in [-0.2, 0) is 11.3 Å². The van der Waals surface area contributed by atoms with Crippen molar-refractivity contribution in [2.45, 2.75) is 13.5 Å². The summed E-state index contributed by atoms with van der Waals surface area (Å²) in [6.07, 6.45) is 1.37. The van der Waals surface area contributed by atoms with Crippen LogP contribution in [0.3, 0.4) is 0 Å². The first kappa shape index (κ1) is 14.6. The zero-order chi connectivity index (χ0) is 15.4. The molecule has 2 aromatic rings. The fraction of sp³-hybridized carbons (Fsp3) is 0.214. The predicted octanol–water partition coefficient (Wildman–Crippen LogP) is 2.89. The minimum atomic E-state index is -0.588. The van der Waals surface area contributed by atoms with Gasteiger partial charge in [-0.1, -0.05) is 6.07 Å². The summed E-state index contributed by atoms with van der Waals surface area (Å²) in [5, 5.41) is 14.0. The van der Waals surface area contributed by atoms with Gasteiger partial charge in [0.2, 0.25) is 5.76 Å². The van der Waals surface area contributed by atoms with Gasteiger partial charge in [0.15, 0.2) is 0 Å². The lowest BCUT2D eigenvalue weighted by Crippen LogP contribution is -2.07. The largest absolute Gasteiger partial charge is 0.463 e. The van der Waals surface area contributed by atoms with Gasteiger partial charge in [0.25, 0.3) is 5.69 Å². The van der Waals surface area contributed by atoms with Crippen molar-refractivity contribution in [1.29, 1.82) is 0 Å². The second-order valence-electron chi connectivity index (χ2n) is 4.40. The summed E-state index contributed by atoms with van der Waals surface area (Å²) in [7, 11) is 1.26. The van der Waals surface area contributed by atoms with Crippen LogP contribution in [0.5, 0.6) is 0 Å². The number of carbonyl (C=O) groups excluding carboxylic acids is 1. The number of benzene rings is 1. The van der Waals surface area contributed by atoms with Crippen molar-refractivity contribution in [3.05, 3.63) is 57.5 Å². The van der Waals surface area contributed by atoms with Crippen LogP contribution in [0.25, 0.3) is 0 Å². The predicted molar refractivity (Wildman–Crippen MR) is 75.2 cm³/mol. The van der Waals surface area contributed by atoms with Crippen LogP contribution in [0.15, 0.2) is 34.9 Å². The molecule has 0 unspecified atom stereocenters. The molecule has 1 aromatic carbocycles. The van der Waals surface area contributed by atoms with Crippen LogP contribution >= 0.6 is 0 Å². The zero-order valence-electron chi connectivity index (χ0n) is 11.6. The summed E-state index contributed by atoms with van der Waals surface area (Å²) < 4.78 is 9.65. The van der Waals surface area contributed by atoms with E-state index in [1.54, 1.807) is 25.1 Å². The molecule has 0 saturated carbocycles. The number of nitro groups is 1. The van der Waals surface area contributed by atoms with Crippen LogP contribution in [0.2, 0.25) is 0 Å². The Kier molecular flexibility index (Phi) is 4.22. The van der Waals surface area contributed by atoms with E-state index in [1.807, 2.05) is 0 Å². The maximum absolute atomic E-state index is 11.5. The maximum Gasteiger partial charge on any atom is 0.374 e. The number of hydrogen-bond acceptors (Lipinski definition) is 6. The Labute approximate surface area is 120 Å². The first-order chi connectivity index (χ1) is 10.0. The van der Waals surface area contributed by atoms with Crippen LogP contribution < -0.4 is 5.32 Å². The summed E-state index contributed by atoms with van der Waals surface area (Å²) >= 11 is 0. The summed E-state index contributed by atoms with van der Waals surface area (Å²) in [5.74, 6) is -0.505. The number of nitro benzene ring substituents is 1. The van der Waals surface area contributed by atoms with Gasteiger partial charge in [-0.05, 0) is 24.6 Å². The van der Waals surface area contributed by atoms with E-state index in [0.717, 1.165) is 5.56 Å². The van der Waals surface area contributed by atoms with E-state index in [1.165, 1.54) is 19.4 Å². The molecule has 0 aliphatic rings. The zero-order valence-corrected chi connectivity index (χ0v) is 11.6. The Balaban J connectivity index is 2.19. The average Bonchev–Trinajstić information content (AvgIpc) is 2.93. The third kappa shape index (κ3) is 3.19. The Morgan fingerprint density at radius 3 is 2.86 bits per heavy atom. The fourth-order valence-corrected chi connectivity index (χ4v) is 1.88. The quantitative estimate of drug-likeness (QED) is 0.517. The first-order valence-electron chi connectivity index (χ1n) is 6.16. The Morgan fingerprint density at radius 2 is 2.19 bits per heavy atom. The van der Waals surface area contributed by atoms with Gasteiger partial charge in [-0.3, -0.25) is 10.1 Å². The van der Waals surface area contributed by atoms with E-state index >= 15 is 0 Å². The van der Waals surface area contributed by atoms with Crippen molar-refractivity contribution in [2.24, 2.45) is 0 Å². The van der Waals surface area contributed by atoms with Gasteiger partial charge < -0.3 is 14.5 Å². The number of nitrogens with one attached hydrogen (secondary N) is 1. The third-order valence-electron chi connectivity index (χ3n) is 2.94. The number of anilines is 1. The van der Waals surface area contributed by atoms with Crippen LogP contribution in [-0.4, -0.2) is 18.0 Å². The molecule has 0 spiro atoms. The molecule has 0 aliphatic carbocycles. The molecule has 1 aromatic heterocycles. The smallest absolute Gasteiger partial charge is 0.374 e. The van der Waals surface area contributed by atoms with E-state index in [0.29, 0.717) is 11.3 Å². The summed E-state index contributed by atoms with van der Waals surface area (Å²) in [5.41, 5.74) is 1.73. The number of carbonyl (C=O) groups is 1. The maximum atomic E-state index is 11.5. The van der Waals surface area contributed by atoms with Crippen LogP contribution in [0, 0.1) is 17.0 Å². The van der Waals surface area contributed by atoms with E-state index < -0.39 is 10.9 Å². The van der Waals surface area contributed by atoms with Crippen molar-refractivity contribution >= 4 is 17.3 Å². The summed E-state index contributed by atoms with van der Waals surface area (Å²) in [4.78, 5) is 22.1. The van der Waals surface area contributed by atoms with E-state index in [2.05, 4.69) is 10.1 Å². The van der Waals surface area contributed by atoms with Gasteiger partial charge >= 0.3 is 5.97 Å². The molecule has 21 heavy (non-hydrogen) atoms. The third-order valence-corrected chi connectivity index (χ3v) is 2.94. The molecule has 110 valence electrons. The lowest BCUT2D eigenvalue weighted by atomic mass is 10.2. The molecule has 0 fully saturated rings. The van der Waals surface area contributed by atoms with E-state index in [4.69, 9.17) is 4.42 Å². The molecule has 0 amide bonds. The number of hydrogen-bond donors (Lipinski definition) is 1. The normalized spacial score (nSPS) is 10.2. The minimum absolute atomic E-state index is 0.0156. The first-order valence-corrected chi connectivity index (χ1v) is 6.16. The minimum Gasteiger partial charge on any atom is -0.463 e. The van der Waals surface area contributed by atoms with E-state index in [9.17, 15) is 14.9 Å². The average molecular weight is 290 g/mol. The Morgan fingerprint density at radius 1 is 1.43 bits per heavy atom. The molecule has 0 bridgehead atoms. The molecule has 0 atom stereocenters. The standard InChI is InChI=1S/C14H14N2O5/c1-9-3-4-11(12(7-9)16(18)19)15-8-10-5-6-21-13(10)14(17)20-2/h3-7,15H,8H2,1-2H3. The molecule has 1 heterocycles. The molecule has 7 nitrogen and oxygen atoms in total. The molecule has 1 N–H and O–H groups in total. The monoisotopic (exact) mass is 290 g/mol. The molecule has 0 saturated heterocycles. The van der Waals surface area contributed by atoms with E-state index in [-0.39, 0.29) is 18.0 Å². The highest BCUT2D eigenvalue weighted by Gasteiger charge is 2.18. The van der Waals surface area contributed by atoms with Gasteiger partial charge in [-0.15, -0.1) is 0 Å². The van der Waals surface area contributed by atoms with Gasteiger partial charge in [0, 0.05) is 18.2 Å².